The molecule has 0 atom stereocenters. The van der Waals surface area contributed by atoms with E-state index in [4.69, 9.17) is 4.74 Å². The molecule has 1 fully saturated rings. The molecule has 4 rings (SSSR count). The van der Waals surface area contributed by atoms with Gasteiger partial charge in [-0.05, 0) is 23.8 Å². The minimum Gasteiger partial charge on any atom is -0.383 e. The summed E-state index contributed by atoms with van der Waals surface area (Å²) in [5.41, 5.74) is 3.37. The zero-order valence-electron chi connectivity index (χ0n) is 15.4. The third kappa shape index (κ3) is 3.70. The van der Waals surface area contributed by atoms with Crippen molar-refractivity contribution in [3.63, 3.8) is 0 Å². The number of methoxy groups -OCH3 is 1. The smallest absolute Gasteiger partial charge is 0.253 e. The van der Waals surface area contributed by atoms with E-state index in [1.807, 2.05) is 41.4 Å². The lowest BCUT2D eigenvalue weighted by Gasteiger charge is -2.34. The molecule has 0 bridgehead atoms. The summed E-state index contributed by atoms with van der Waals surface area (Å²) in [7, 11) is 1.71. The number of hydrogen-bond donors (Lipinski definition) is 0. The van der Waals surface area contributed by atoms with E-state index in [1.54, 1.807) is 24.0 Å². The third-order valence-corrected chi connectivity index (χ3v) is 4.97. The van der Waals surface area contributed by atoms with E-state index in [1.165, 1.54) is 0 Å². The summed E-state index contributed by atoms with van der Waals surface area (Å²) < 4.78 is 6.87. The van der Waals surface area contributed by atoms with Crippen LogP contribution in [0.3, 0.4) is 0 Å². The first kappa shape index (κ1) is 17.6. The lowest BCUT2D eigenvalue weighted by atomic mass is 10.0. The van der Waals surface area contributed by atoms with Gasteiger partial charge >= 0.3 is 0 Å². The van der Waals surface area contributed by atoms with Gasteiger partial charge in [-0.1, -0.05) is 12.1 Å². The minimum atomic E-state index is 0.0766. The van der Waals surface area contributed by atoms with Crippen LogP contribution in [0.5, 0.6) is 0 Å². The van der Waals surface area contributed by atoms with Crippen molar-refractivity contribution >= 4 is 11.6 Å². The number of carbonyl (C=O) groups is 1. The van der Waals surface area contributed by atoms with E-state index >= 15 is 0 Å². The monoisotopic (exact) mass is 365 g/mol. The first-order chi connectivity index (χ1) is 13.3. The minimum absolute atomic E-state index is 0.0766. The molecule has 7 heteroatoms. The molecule has 1 aliphatic heterocycles. The maximum atomic E-state index is 13.0. The van der Waals surface area contributed by atoms with Gasteiger partial charge in [-0.3, -0.25) is 9.69 Å². The Morgan fingerprint density at radius 3 is 2.85 bits per heavy atom. The van der Waals surface area contributed by atoms with Crippen molar-refractivity contribution in [3.8, 4) is 11.1 Å². The Labute approximate surface area is 158 Å². The number of piperazine rings is 1. The first-order valence-corrected chi connectivity index (χ1v) is 9.15. The van der Waals surface area contributed by atoms with Gasteiger partial charge in [-0.15, -0.1) is 0 Å². The largest absolute Gasteiger partial charge is 0.383 e. The molecule has 1 aliphatic rings. The Hall–Kier alpha value is -2.77. The maximum Gasteiger partial charge on any atom is 0.253 e. The molecule has 140 valence electrons. The van der Waals surface area contributed by atoms with Crippen LogP contribution in [-0.4, -0.2) is 76.7 Å². The van der Waals surface area contributed by atoms with Crippen LogP contribution in [0.15, 0.2) is 48.9 Å². The number of fused-ring (bicyclic) bond motifs is 1. The van der Waals surface area contributed by atoms with Gasteiger partial charge in [-0.25, -0.2) is 9.50 Å². The van der Waals surface area contributed by atoms with Crippen LogP contribution in [0.4, 0.5) is 0 Å². The highest BCUT2D eigenvalue weighted by atomic mass is 16.5. The second-order valence-corrected chi connectivity index (χ2v) is 6.65. The third-order valence-electron chi connectivity index (χ3n) is 4.97. The van der Waals surface area contributed by atoms with Gasteiger partial charge in [0.15, 0.2) is 5.65 Å². The zero-order valence-corrected chi connectivity index (χ0v) is 15.4. The number of amides is 1. The molecule has 1 aromatic carbocycles. The summed E-state index contributed by atoms with van der Waals surface area (Å²) in [5.74, 6) is 0.0766. The van der Waals surface area contributed by atoms with E-state index in [2.05, 4.69) is 15.0 Å². The van der Waals surface area contributed by atoms with E-state index in [-0.39, 0.29) is 5.91 Å². The van der Waals surface area contributed by atoms with Gasteiger partial charge in [0.2, 0.25) is 0 Å². The molecular weight excluding hydrogens is 342 g/mol. The Bertz CT molecular complexity index is 931. The van der Waals surface area contributed by atoms with Crippen LogP contribution < -0.4 is 0 Å². The molecule has 0 spiro atoms. The van der Waals surface area contributed by atoms with Crippen LogP contribution >= 0.6 is 0 Å². The molecule has 3 heterocycles. The van der Waals surface area contributed by atoms with Gasteiger partial charge < -0.3 is 9.64 Å². The Kier molecular flexibility index (Phi) is 5.13. The van der Waals surface area contributed by atoms with Crippen molar-refractivity contribution in [2.75, 3.05) is 46.4 Å². The van der Waals surface area contributed by atoms with E-state index < -0.39 is 0 Å². The highest BCUT2D eigenvalue weighted by Crippen LogP contribution is 2.24. The summed E-state index contributed by atoms with van der Waals surface area (Å²) in [5, 5.41) is 4.34. The molecule has 0 radical (unpaired) electrons. The Balaban J connectivity index is 1.50. The molecule has 27 heavy (non-hydrogen) atoms. The molecule has 1 amide bonds. The molecule has 1 saturated heterocycles. The van der Waals surface area contributed by atoms with Gasteiger partial charge in [0.1, 0.15) is 0 Å². The number of benzene rings is 1. The van der Waals surface area contributed by atoms with Gasteiger partial charge in [0.25, 0.3) is 5.91 Å². The predicted octanol–water partition coefficient (Wildman–Crippen LogP) is 1.80. The Morgan fingerprint density at radius 1 is 1.19 bits per heavy atom. The summed E-state index contributed by atoms with van der Waals surface area (Å²) in [6.45, 7) is 4.88. The molecule has 0 N–H and O–H groups in total. The molecule has 0 saturated carbocycles. The molecule has 2 aromatic heterocycles. The fraction of sp³-hybridized carbons (Fsp3) is 0.350. The summed E-state index contributed by atoms with van der Waals surface area (Å²) >= 11 is 0. The fourth-order valence-electron chi connectivity index (χ4n) is 3.43. The average Bonchev–Trinajstić information content (AvgIpc) is 3.16. The van der Waals surface area contributed by atoms with Crippen molar-refractivity contribution in [3.05, 3.63) is 54.5 Å². The van der Waals surface area contributed by atoms with Gasteiger partial charge in [0.05, 0.1) is 12.8 Å². The van der Waals surface area contributed by atoms with Crippen LogP contribution in [0.1, 0.15) is 10.4 Å². The van der Waals surface area contributed by atoms with Crippen molar-refractivity contribution in [2.45, 2.75) is 0 Å². The van der Waals surface area contributed by atoms with Crippen LogP contribution in [-0.2, 0) is 4.74 Å². The SMILES string of the molecule is COCCN1CCN(C(=O)c2cccc(-c3cnn4cccnc34)c2)CC1. The standard InChI is InChI=1S/C20H23N5O2/c1-27-13-12-23-8-10-24(11-9-23)20(26)17-5-2-4-16(14-17)18-15-22-25-7-3-6-21-19(18)25/h2-7,14-15H,8-13H2,1H3. The van der Waals surface area contributed by atoms with Gasteiger partial charge in [-0.2, -0.15) is 5.10 Å². The first-order valence-electron chi connectivity index (χ1n) is 9.15. The number of rotatable bonds is 5. The number of ether oxygens (including phenoxy) is 1. The van der Waals surface area contributed by atoms with Crippen LogP contribution in [0.2, 0.25) is 0 Å². The highest BCUT2D eigenvalue weighted by Gasteiger charge is 2.22. The summed E-state index contributed by atoms with van der Waals surface area (Å²) in [6.07, 6.45) is 5.41. The quantitative estimate of drug-likeness (QED) is 0.690. The van der Waals surface area contributed by atoms with Crippen LogP contribution in [0, 0.1) is 0 Å². The maximum absolute atomic E-state index is 13.0. The second-order valence-electron chi connectivity index (χ2n) is 6.65. The van der Waals surface area contributed by atoms with E-state index in [9.17, 15) is 4.79 Å². The predicted molar refractivity (Wildman–Crippen MR) is 103 cm³/mol. The lowest BCUT2D eigenvalue weighted by Crippen LogP contribution is -2.49. The average molecular weight is 365 g/mol. The molecule has 3 aromatic rings. The highest BCUT2D eigenvalue weighted by molar-refractivity contribution is 5.96. The summed E-state index contributed by atoms with van der Waals surface area (Å²) in [4.78, 5) is 21.6. The molecular formula is C20H23N5O2. The fourth-order valence-corrected chi connectivity index (χ4v) is 3.43. The summed E-state index contributed by atoms with van der Waals surface area (Å²) in [6, 6.07) is 9.57. The van der Waals surface area contributed by atoms with Crippen molar-refractivity contribution < 1.29 is 9.53 Å². The zero-order chi connectivity index (χ0) is 18.6. The van der Waals surface area contributed by atoms with Crippen molar-refractivity contribution in [1.82, 2.24) is 24.4 Å². The van der Waals surface area contributed by atoms with Gasteiger partial charge in [0, 0.05) is 63.4 Å². The lowest BCUT2D eigenvalue weighted by molar-refractivity contribution is 0.0594. The van der Waals surface area contributed by atoms with Crippen molar-refractivity contribution in [2.24, 2.45) is 0 Å². The number of aromatic nitrogens is 3. The topological polar surface area (TPSA) is 63.0 Å². The molecule has 0 aliphatic carbocycles. The van der Waals surface area contributed by atoms with E-state index in [0.29, 0.717) is 5.56 Å². The molecule has 7 nitrogen and oxygen atoms in total. The number of nitrogens with zero attached hydrogens (tertiary/aromatic N) is 5. The normalized spacial score (nSPS) is 15.4. The molecule has 0 unspecified atom stereocenters. The number of carbonyl (C=O) groups excluding carboxylic acids is 1. The number of hydrogen-bond acceptors (Lipinski definition) is 5. The Morgan fingerprint density at radius 2 is 2.04 bits per heavy atom. The van der Waals surface area contributed by atoms with E-state index in [0.717, 1.165) is 56.1 Å². The second kappa shape index (κ2) is 7.85. The van der Waals surface area contributed by atoms with Crippen LogP contribution in [0.25, 0.3) is 16.8 Å². The van der Waals surface area contributed by atoms with Crippen molar-refractivity contribution in [1.29, 1.82) is 0 Å².